The molecule has 0 radical (unpaired) electrons. The summed E-state index contributed by atoms with van der Waals surface area (Å²) < 4.78 is 5.50. The fourth-order valence-electron chi connectivity index (χ4n) is 2.97. The van der Waals surface area contributed by atoms with Crippen LogP contribution in [-0.2, 0) is 0 Å². The highest BCUT2D eigenvalue weighted by atomic mass is 35.5. The van der Waals surface area contributed by atoms with Gasteiger partial charge in [0.2, 0.25) is 0 Å². The van der Waals surface area contributed by atoms with E-state index in [0.29, 0.717) is 23.7 Å². The van der Waals surface area contributed by atoms with Gasteiger partial charge in [-0.15, -0.1) is 11.6 Å². The van der Waals surface area contributed by atoms with Gasteiger partial charge in [0.05, 0.1) is 5.56 Å². The number of hydrogen-bond donors (Lipinski definition) is 1. The molecule has 1 aromatic heterocycles. The lowest BCUT2D eigenvalue weighted by Gasteiger charge is -2.26. The van der Waals surface area contributed by atoms with E-state index in [1.807, 2.05) is 20.8 Å². The van der Waals surface area contributed by atoms with Gasteiger partial charge in [0.25, 0.3) is 5.91 Å². The molecule has 1 fully saturated rings. The average molecular weight is 284 g/mol. The number of alkyl halides is 1. The number of aryl methyl sites for hydroxylation is 2. The average Bonchev–Trinajstić information content (AvgIpc) is 2.94. The zero-order chi connectivity index (χ0) is 14.0. The first kappa shape index (κ1) is 14.4. The van der Waals surface area contributed by atoms with Crippen molar-refractivity contribution in [1.82, 2.24) is 5.32 Å². The maximum atomic E-state index is 12.3. The summed E-state index contributed by atoms with van der Waals surface area (Å²) in [6.07, 6.45) is 4.65. The highest BCUT2D eigenvalue weighted by molar-refractivity contribution is 6.18. The molecular formula is C15H22ClNO2. The number of halogens is 1. The Bertz CT molecular complexity index is 473. The lowest BCUT2D eigenvalue weighted by molar-refractivity contribution is 0.0933. The molecule has 0 spiro atoms. The van der Waals surface area contributed by atoms with Gasteiger partial charge in [-0.25, -0.2) is 0 Å². The molecule has 4 heteroatoms. The van der Waals surface area contributed by atoms with Crippen molar-refractivity contribution in [2.24, 2.45) is 5.41 Å². The second-order valence-corrected chi connectivity index (χ2v) is 6.01. The largest absolute Gasteiger partial charge is 0.466 e. The van der Waals surface area contributed by atoms with Crippen molar-refractivity contribution >= 4 is 17.5 Å². The zero-order valence-corrected chi connectivity index (χ0v) is 12.7. The molecule has 1 aliphatic rings. The lowest BCUT2D eigenvalue weighted by Crippen LogP contribution is -2.37. The monoisotopic (exact) mass is 283 g/mol. The Labute approximate surface area is 119 Å². The SMILES string of the molecule is Cc1oc(C)c(C(=O)NCC2(CCl)CCCC2)c1C. The Balaban J connectivity index is 2.05. The number of carbonyl (C=O) groups is 1. The van der Waals surface area contributed by atoms with Crippen LogP contribution in [0.15, 0.2) is 4.42 Å². The molecule has 1 amide bonds. The van der Waals surface area contributed by atoms with Crippen molar-refractivity contribution in [3.8, 4) is 0 Å². The maximum Gasteiger partial charge on any atom is 0.255 e. The van der Waals surface area contributed by atoms with Crippen LogP contribution in [0.3, 0.4) is 0 Å². The van der Waals surface area contributed by atoms with E-state index < -0.39 is 0 Å². The van der Waals surface area contributed by atoms with Crippen molar-refractivity contribution in [1.29, 1.82) is 0 Å². The van der Waals surface area contributed by atoms with Crippen molar-refractivity contribution in [2.75, 3.05) is 12.4 Å². The smallest absolute Gasteiger partial charge is 0.255 e. The molecule has 2 rings (SSSR count). The standard InChI is InChI=1S/C15H22ClNO2/c1-10-11(2)19-12(3)13(10)14(18)17-9-15(8-16)6-4-5-7-15/h4-9H2,1-3H3,(H,17,18). The molecule has 0 saturated heterocycles. The molecular weight excluding hydrogens is 262 g/mol. The van der Waals surface area contributed by atoms with Crippen LogP contribution >= 0.6 is 11.6 Å². The minimum Gasteiger partial charge on any atom is -0.466 e. The molecule has 1 aromatic rings. The first-order chi connectivity index (χ1) is 8.99. The van der Waals surface area contributed by atoms with E-state index in [-0.39, 0.29) is 11.3 Å². The maximum absolute atomic E-state index is 12.3. The third kappa shape index (κ3) is 2.81. The van der Waals surface area contributed by atoms with Gasteiger partial charge in [0.15, 0.2) is 0 Å². The predicted octanol–water partition coefficient (Wildman–Crippen LogP) is 3.73. The molecule has 1 N–H and O–H groups in total. The third-order valence-electron chi connectivity index (χ3n) is 4.36. The first-order valence-electron chi connectivity index (χ1n) is 6.90. The lowest BCUT2D eigenvalue weighted by atomic mass is 9.88. The van der Waals surface area contributed by atoms with Crippen LogP contribution in [0.2, 0.25) is 0 Å². The fraction of sp³-hybridized carbons (Fsp3) is 0.667. The molecule has 1 saturated carbocycles. The Morgan fingerprint density at radius 2 is 1.89 bits per heavy atom. The molecule has 0 aromatic carbocycles. The number of amides is 1. The Morgan fingerprint density at radius 3 is 2.37 bits per heavy atom. The quantitative estimate of drug-likeness (QED) is 0.856. The van der Waals surface area contributed by atoms with Gasteiger partial charge < -0.3 is 9.73 Å². The van der Waals surface area contributed by atoms with Gasteiger partial charge in [-0.2, -0.15) is 0 Å². The van der Waals surface area contributed by atoms with Gasteiger partial charge in [0.1, 0.15) is 11.5 Å². The van der Waals surface area contributed by atoms with Gasteiger partial charge in [0, 0.05) is 23.4 Å². The second kappa shape index (κ2) is 5.58. The van der Waals surface area contributed by atoms with E-state index in [9.17, 15) is 4.79 Å². The molecule has 0 atom stereocenters. The minimum absolute atomic E-state index is 0.0387. The molecule has 0 aliphatic heterocycles. The molecule has 1 heterocycles. The van der Waals surface area contributed by atoms with E-state index in [0.717, 1.165) is 24.2 Å². The number of hydrogen-bond acceptors (Lipinski definition) is 2. The molecule has 0 bridgehead atoms. The van der Waals surface area contributed by atoms with E-state index in [1.165, 1.54) is 12.8 Å². The van der Waals surface area contributed by atoms with Crippen LogP contribution in [0.5, 0.6) is 0 Å². The van der Waals surface area contributed by atoms with Crippen molar-refractivity contribution < 1.29 is 9.21 Å². The van der Waals surface area contributed by atoms with Crippen LogP contribution in [0.25, 0.3) is 0 Å². The van der Waals surface area contributed by atoms with Gasteiger partial charge in [-0.3, -0.25) is 4.79 Å². The summed E-state index contributed by atoms with van der Waals surface area (Å²) in [6, 6.07) is 0. The van der Waals surface area contributed by atoms with Crippen molar-refractivity contribution in [3.05, 3.63) is 22.6 Å². The number of carbonyl (C=O) groups excluding carboxylic acids is 1. The summed E-state index contributed by atoms with van der Waals surface area (Å²) in [6.45, 7) is 6.31. The van der Waals surface area contributed by atoms with E-state index in [2.05, 4.69) is 5.32 Å². The van der Waals surface area contributed by atoms with Crippen LogP contribution in [0.1, 0.15) is 53.1 Å². The Morgan fingerprint density at radius 1 is 1.26 bits per heavy atom. The number of rotatable bonds is 4. The Kier molecular flexibility index (Phi) is 4.24. The summed E-state index contributed by atoms with van der Waals surface area (Å²) in [7, 11) is 0. The van der Waals surface area contributed by atoms with Gasteiger partial charge >= 0.3 is 0 Å². The van der Waals surface area contributed by atoms with Crippen molar-refractivity contribution in [2.45, 2.75) is 46.5 Å². The summed E-state index contributed by atoms with van der Waals surface area (Å²) in [4.78, 5) is 12.3. The molecule has 3 nitrogen and oxygen atoms in total. The zero-order valence-electron chi connectivity index (χ0n) is 11.9. The highest BCUT2D eigenvalue weighted by Gasteiger charge is 2.33. The highest BCUT2D eigenvalue weighted by Crippen LogP contribution is 2.38. The molecule has 106 valence electrons. The molecule has 0 unspecified atom stereocenters. The number of nitrogens with one attached hydrogen (secondary N) is 1. The normalized spacial score (nSPS) is 17.7. The van der Waals surface area contributed by atoms with Crippen molar-refractivity contribution in [3.63, 3.8) is 0 Å². The third-order valence-corrected chi connectivity index (χ3v) is 4.93. The summed E-state index contributed by atoms with van der Waals surface area (Å²) >= 11 is 6.09. The van der Waals surface area contributed by atoms with E-state index >= 15 is 0 Å². The van der Waals surface area contributed by atoms with E-state index in [1.54, 1.807) is 0 Å². The van der Waals surface area contributed by atoms with Crippen LogP contribution in [0.4, 0.5) is 0 Å². The van der Waals surface area contributed by atoms with Gasteiger partial charge in [-0.05, 0) is 33.6 Å². The van der Waals surface area contributed by atoms with Crippen LogP contribution < -0.4 is 5.32 Å². The molecule has 19 heavy (non-hydrogen) atoms. The summed E-state index contributed by atoms with van der Waals surface area (Å²) in [5.41, 5.74) is 1.71. The van der Waals surface area contributed by atoms with Gasteiger partial charge in [-0.1, -0.05) is 12.8 Å². The fourth-order valence-corrected chi connectivity index (χ4v) is 3.33. The summed E-state index contributed by atoms with van der Waals surface area (Å²) in [5.74, 6) is 2.09. The number of furan rings is 1. The topological polar surface area (TPSA) is 42.2 Å². The first-order valence-corrected chi connectivity index (χ1v) is 7.43. The minimum atomic E-state index is -0.0387. The molecule has 1 aliphatic carbocycles. The van der Waals surface area contributed by atoms with Crippen LogP contribution in [-0.4, -0.2) is 18.3 Å². The van der Waals surface area contributed by atoms with E-state index in [4.69, 9.17) is 16.0 Å². The predicted molar refractivity (Wildman–Crippen MR) is 76.9 cm³/mol. The Hall–Kier alpha value is -0.960. The summed E-state index contributed by atoms with van der Waals surface area (Å²) in [5, 5.41) is 3.04. The van der Waals surface area contributed by atoms with Crippen LogP contribution in [0, 0.1) is 26.2 Å². The second-order valence-electron chi connectivity index (χ2n) is 5.74.